The number of nitrogens with one attached hydrogen (secondary N) is 1. The minimum Gasteiger partial charge on any atom is -0.321 e. The van der Waals surface area contributed by atoms with Gasteiger partial charge in [0.2, 0.25) is 0 Å². The maximum atomic E-state index is 4.40. The van der Waals surface area contributed by atoms with E-state index in [0.717, 1.165) is 34.9 Å². The number of rotatable bonds is 5. The van der Waals surface area contributed by atoms with Crippen LogP contribution in [-0.4, -0.2) is 29.9 Å². The van der Waals surface area contributed by atoms with Crippen molar-refractivity contribution in [3.63, 3.8) is 0 Å². The standard InChI is InChI=1S/C20H20N6/c1-14(10-20-25-22-13-26(20)2)15-6-5-7-16(11-15)18-12-19(24-23-18)17-8-3-4-9-21-17/h3-9,11-14H,10H2,1-2H3,(H,23,24). The highest BCUT2D eigenvalue weighted by molar-refractivity contribution is 5.66. The molecule has 1 aromatic carbocycles. The summed E-state index contributed by atoms with van der Waals surface area (Å²) < 4.78 is 1.97. The van der Waals surface area contributed by atoms with Crippen molar-refractivity contribution in [1.82, 2.24) is 29.9 Å². The maximum Gasteiger partial charge on any atom is 0.133 e. The van der Waals surface area contributed by atoms with Crippen molar-refractivity contribution in [3.8, 4) is 22.6 Å². The van der Waals surface area contributed by atoms with Crippen LogP contribution in [0, 0.1) is 0 Å². The molecule has 0 aliphatic carbocycles. The van der Waals surface area contributed by atoms with Gasteiger partial charge in [-0.3, -0.25) is 10.1 Å². The zero-order valence-electron chi connectivity index (χ0n) is 14.8. The molecule has 1 unspecified atom stereocenters. The Morgan fingerprint density at radius 1 is 1.08 bits per heavy atom. The van der Waals surface area contributed by atoms with Gasteiger partial charge >= 0.3 is 0 Å². The molecule has 6 nitrogen and oxygen atoms in total. The average molecular weight is 344 g/mol. The van der Waals surface area contributed by atoms with Crippen LogP contribution in [0.4, 0.5) is 0 Å². The minimum absolute atomic E-state index is 0.344. The Morgan fingerprint density at radius 3 is 2.77 bits per heavy atom. The summed E-state index contributed by atoms with van der Waals surface area (Å²) in [4.78, 5) is 4.35. The lowest BCUT2D eigenvalue weighted by molar-refractivity contribution is 0.681. The largest absolute Gasteiger partial charge is 0.321 e. The Kier molecular flexibility index (Phi) is 4.31. The van der Waals surface area contributed by atoms with Crippen LogP contribution in [0.25, 0.3) is 22.6 Å². The van der Waals surface area contributed by atoms with Gasteiger partial charge in [-0.15, -0.1) is 10.2 Å². The minimum atomic E-state index is 0.344. The molecule has 0 aliphatic heterocycles. The molecule has 4 rings (SSSR count). The highest BCUT2D eigenvalue weighted by Crippen LogP contribution is 2.27. The Balaban J connectivity index is 1.58. The molecule has 0 saturated carbocycles. The number of aryl methyl sites for hydroxylation is 1. The first-order chi connectivity index (χ1) is 12.7. The number of H-pyrrole nitrogens is 1. The molecule has 3 aromatic heterocycles. The van der Waals surface area contributed by atoms with E-state index >= 15 is 0 Å². The van der Waals surface area contributed by atoms with E-state index in [4.69, 9.17) is 0 Å². The Bertz CT molecular complexity index is 1000. The van der Waals surface area contributed by atoms with E-state index in [9.17, 15) is 0 Å². The summed E-state index contributed by atoms with van der Waals surface area (Å²) in [6.07, 6.45) is 4.36. The van der Waals surface area contributed by atoms with Gasteiger partial charge in [-0.25, -0.2) is 0 Å². The van der Waals surface area contributed by atoms with Gasteiger partial charge in [-0.2, -0.15) is 5.10 Å². The van der Waals surface area contributed by atoms with Crippen molar-refractivity contribution in [1.29, 1.82) is 0 Å². The molecule has 26 heavy (non-hydrogen) atoms. The van der Waals surface area contributed by atoms with Crippen molar-refractivity contribution in [3.05, 3.63) is 72.4 Å². The molecule has 0 spiro atoms. The molecule has 4 aromatic rings. The Hall–Kier alpha value is -3.28. The molecule has 0 bridgehead atoms. The van der Waals surface area contributed by atoms with Gasteiger partial charge in [0.15, 0.2) is 0 Å². The van der Waals surface area contributed by atoms with Crippen LogP contribution in [0.2, 0.25) is 0 Å². The van der Waals surface area contributed by atoms with Gasteiger partial charge in [0.1, 0.15) is 17.8 Å². The van der Waals surface area contributed by atoms with E-state index in [1.165, 1.54) is 5.56 Å². The third kappa shape index (κ3) is 3.26. The van der Waals surface area contributed by atoms with Gasteiger partial charge < -0.3 is 4.57 Å². The zero-order chi connectivity index (χ0) is 17.9. The summed E-state index contributed by atoms with van der Waals surface area (Å²) in [7, 11) is 1.97. The first-order valence-corrected chi connectivity index (χ1v) is 8.61. The molecular weight excluding hydrogens is 324 g/mol. The zero-order valence-corrected chi connectivity index (χ0v) is 14.8. The third-order valence-electron chi connectivity index (χ3n) is 4.57. The van der Waals surface area contributed by atoms with Gasteiger partial charge in [0.05, 0.1) is 11.4 Å². The number of hydrogen-bond acceptors (Lipinski definition) is 4. The molecule has 0 aliphatic rings. The van der Waals surface area contributed by atoms with E-state index in [1.807, 2.05) is 35.9 Å². The summed E-state index contributed by atoms with van der Waals surface area (Å²) >= 11 is 0. The predicted octanol–water partition coefficient (Wildman–Crippen LogP) is 3.61. The molecule has 6 heteroatoms. The number of pyridine rings is 1. The fourth-order valence-corrected chi connectivity index (χ4v) is 3.01. The second kappa shape index (κ2) is 6.92. The number of nitrogens with zero attached hydrogens (tertiary/aromatic N) is 5. The molecular formula is C20H20N6. The lowest BCUT2D eigenvalue weighted by Crippen LogP contribution is -2.04. The monoisotopic (exact) mass is 344 g/mol. The predicted molar refractivity (Wildman–Crippen MR) is 100 cm³/mol. The SMILES string of the molecule is CC(Cc1nncn1C)c1cccc(-c2cc(-c3ccccn3)n[nH]2)c1. The summed E-state index contributed by atoms with van der Waals surface area (Å²) in [6.45, 7) is 2.21. The van der Waals surface area contributed by atoms with Crippen molar-refractivity contribution < 1.29 is 0 Å². The van der Waals surface area contributed by atoms with Crippen LogP contribution in [0.5, 0.6) is 0 Å². The van der Waals surface area contributed by atoms with Crippen LogP contribution in [-0.2, 0) is 13.5 Å². The van der Waals surface area contributed by atoms with E-state index in [0.29, 0.717) is 5.92 Å². The van der Waals surface area contributed by atoms with Crippen LogP contribution in [0.3, 0.4) is 0 Å². The third-order valence-corrected chi connectivity index (χ3v) is 4.57. The van der Waals surface area contributed by atoms with Crippen molar-refractivity contribution in [2.75, 3.05) is 0 Å². The van der Waals surface area contributed by atoms with Crippen molar-refractivity contribution in [2.45, 2.75) is 19.3 Å². The van der Waals surface area contributed by atoms with Crippen molar-refractivity contribution >= 4 is 0 Å². The topological polar surface area (TPSA) is 72.3 Å². The van der Waals surface area contributed by atoms with E-state index in [-0.39, 0.29) is 0 Å². The lowest BCUT2D eigenvalue weighted by atomic mass is 9.95. The van der Waals surface area contributed by atoms with Crippen LogP contribution in [0.1, 0.15) is 24.2 Å². The number of benzene rings is 1. The van der Waals surface area contributed by atoms with Crippen LogP contribution >= 0.6 is 0 Å². The summed E-state index contributed by atoms with van der Waals surface area (Å²) in [5.74, 6) is 1.33. The normalized spacial score (nSPS) is 12.2. The fraction of sp³-hybridized carbons (Fsp3) is 0.200. The van der Waals surface area contributed by atoms with Crippen LogP contribution < -0.4 is 0 Å². The summed E-state index contributed by atoms with van der Waals surface area (Å²) in [5.41, 5.74) is 5.07. The van der Waals surface area contributed by atoms with E-state index < -0.39 is 0 Å². The first-order valence-electron chi connectivity index (χ1n) is 8.61. The van der Waals surface area contributed by atoms with Gasteiger partial charge in [0.25, 0.3) is 0 Å². The van der Waals surface area contributed by atoms with Crippen LogP contribution in [0.15, 0.2) is 61.1 Å². The Morgan fingerprint density at radius 2 is 2.00 bits per heavy atom. The molecule has 0 saturated heterocycles. The van der Waals surface area contributed by atoms with Gasteiger partial charge in [-0.1, -0.05) is 31.2 Å². The van der Waals surface area contributed by atoms with E-state index in [2.05, 4.69) is 56.6 Å². The van der Waals surface area contributed by atoms with Gasteiger partial charge in [0, 0.05) is 19.7 Å². The second-order valence-corrected chi connectivity index (χ2v) is 6.47. The van der Waals surface area contributed by atoms with Crippen molar-refractivity contribution in [2.24, 2.45) is 7.05 Å². The summed E-state index contributed by atoms with van der Waals surface area (Å²) in [6, 6.07) is 16.4. The average Bonchev–Trinajstić information content (AvgIpc) is 3.32. The number of aromatic amines is 1. The first kappa shape index (κ1) is 16.2. The molecule has 130 valence electrons. The quantitative estimate of drug-likeness (QED) is 0.600. The lowest BCUT2D eigenvalue weighted by Gasteiger charge is -2.12. The molecule has 0 amide bonds. The fourth-order valence-electron chi connectivity index (χ4n) is 3.01. The number of hydrogen-bond donors (Lipinski definition) is 1. The van der Waals surface area contributed by atoms with E-state index in [1.54, 1.807) is 12.5 Å². The van der Waals surface area contributed by atoms with Gasteiger partial charge in [-0.05, 0) is 41.3 Å². The molecule has 1 atom stereocenters. The molecule has 0 radical (unpaired) electrons. The smallest absolute Gasteiger partial charge is 0.133 e. The molecule has 1 N–H and O–H groups in total. The maximum absolute atomic E-state index is 4.40. The summed E-state index contributed by atoms with van der Waals surface area (Å²) in [5, 5.41) is 15.7. The Labute approximate surface area is 152 Å². The number of aromatic nitrogens is 6. The highest BCUT2D eigenvalue weighted by Gasteiger charge is 2.12. The molecule has 0 fully saturated rings. The second-order valence-electron chi connectivity index (χ2n) is 6.47. The molecule has 3 heterocycles. The highest BCUT2D eigenvalue weighted by atomic mass is 15.2.